The molecule has 0 spiro atoms. The summed E-state index contributed by atoms with van der Waals surface area (Å²) < 4.78 is 5.28. The fourth-order valence-electron chi connectivity index (χ4n) is 2.24. The molecular formula is C19H29N5O3. The zero-order valence-corrected chi connectivity index (χ0v) is 15.7. The summed E-state index contributed by atoms with van der Waals surface area (Å²) in [5.74, 6) is -0.594. The first-order valence-corrected chi connectivity index (χ1v) is 8.81. The monoisotopic (exact) mass is 375 g/mol. The predicted octanol–water partition coefficient (Wildman–Crippen LogP) is 0.432. The molecule has 2 atom stereocenters. The van der Waals surface area contributed by atoms with Crippen LogP contribution in [0.15, 0.2) is 48.0 Å². The summed E-state index contributed by atoms with van der Waals surface area (Å²) in [5.41, 5.74) is 12.3. The van der Waals surface area contributed by atoms with Gasteiger partial charge in [-0.05, 0) is 24.8 Å². The molecule has 0 heterocycles. The number of amides is 1. The zero-order chi connectivity index (χ0) is 20.1. The van der Waals surface area contributed by atoms with Crippen molar-refractivity contribution in [3.05, 3.63) is 48.6 Å². The van der Waals surface area contributed by atoms with Crippen molar-refractivity contribution in [2.45, 2.75) is 38.0 Å². The van der Waals surface area contributed by atoms with Crippen molar-refractivity contribution < 1.29 is 14.3 Å². The van der Waals surface area contributed by atoms with Crippen molar-refractivity contribution in [2.24, 2.45) is 16.5 Å². The molecule has 1 aromatic carbocycles. The molecule has 6 N–H and O–H groups in total. The van der Waals surface area contributed by atoms with E-state index >= 15 is 0 Å². The van der Waals surface area contributed by atoms with Crippen LogP contribution in [-0.4, -0.2) is 43.5 Å². The Morgan fingerprint density at radius 3 is 2.67 bits per heavy atom. The molecule has 0 radical (unpaired) electrons. The fraction of sp³-hybridized carbons (Fsp3) is 0.421. The number of rotatable bonds is 11. The Morgan fingerprint density at radius 1 is 1.33 bits per heavy atom. The zero-order valence-electron chi connectivity index (χ0n) is 15.7. The number of carbonyl (C=O) groups is 2. The van der Waals surface area contributed by atoms with Crippen LogP contribution >= 0.6 is 0 Å². The molecule has 0 bridgehead atoms. The van der Waals surface area contributed by atoms with E-state index in [4.69, 9.17) is 16.2 Å². The van der Waals surface area contributed by atoms with E-state index in [2.05, 4.69) is 22.2 Å². The third kappa shape index (κ3) is 8.87. The van der Waals surface area contributed by atoms with Crippen LogP contribution in [0.5, 0.6) is 0 Å². The summed E-state index contributed by atoms with van der Waals surface area (Å²) in [6.07, 6.45) is 2.89. The minimum atomic E-state index is -0.814. The van der Waals surface area contributed by atoms with Crippen LogP contribution in [-0.2, 0) is 20.9 Å². The van der Waals surface area contributed by atoms with Gasteiger partial charge in [0.2, 0.25) is 5.91 Å². The van der Waals surface area contributed by atoms with Crippen LogP contribution in [0.4, 0.5) is 0 Å². The molecule has 8 nitrogen and oxygen atoms in total. The van der Waals surface area contributed by atoms with Gasteiger partial charge in [0.25, 0.3) is 0 Å². The van der Waals surface area contributed by atoms with Gasteiger partial charge in [0.05, 0.1) is 6.04 Å². The second kappa shape index (κ2) is 12.5. The molecular weight excluding hydrogens is 346 g/mol. The van der Waals surface area contributed by atoms with E-state index in [9.17, 15) is 9.59 Å². The summed E-state index contributed by atoms with van der Waals surface area (Å²) in [4.78, 5) is 28.3. The summed E-state index contributed by atoms with van der Waals surface area (Å²) in [5, 5.41) is 5.53. The van der Waals surface area contributed by atoms with Gasteiger partial charge in [0.15, 0.2) is 5.96 Å². The smallest absolute Gasteiger partial charge is 0.329 e. The maximum absolute atomic E-state index is 12.3. The average molecular weight is 375 g/mol. The molecule has 1 amide bonds. The summed E-state index contributed by atoms with van der Waals surface area (Å²) in [6.45, 7) is 4.31. The molecule has 148 valence electrons. The van der Waals surface area contributed by atoms with Gasteiger partial charge < -0.3 is 26.8 Å². The molecule has 0 aromatic heterocycles. The third-order valence-corrected chi connectivity index (χ3v) is 3.80. The van der Waals surface area contributed by atoms with Crippen molar-refractivity contribution in [3.63, 3.8) is 0 Å². The van der Waals surface area contributed by atoms with Gasteiger partial charge in [-0.1, -0.05) is 36.4 Å². The van der Waals surface area contributed by atoms with Gasteiger partial charge in [-0.2, -0.15) is 0 Å². The molecule has 0 saturated heterocycles. The average Bonchev–Trinajstić information content (AvgIpc) is 2.69. The molecule has 8 heteroatoms. The van der Waals surface area contributed by atoms with E-state index in [-0.39, 0.29) is 13.0 Å². The number of aliphatic imine (C=N–C) groups is 1. The Balaban J connectivity index is 2.45. The fourth-order valence-corrected chi connectivity index (χ4v) is 2.24. The second-order valence-electron chi connectivity index (χ2n) is 5.96. The highest BCUT2D eigenvalue weighted by Crippen LogP contribution is 2.05. The Bertz CT molecular complexity index is 633. The molecule has 27 heavy (non-hydrogen) atoms. The van der Waals surface area contributed by atoms with Crippen molar-refractivity contribution in [1.82, 2.24) is 10.6 Å². The van der Waals surface area contributed by atoms with Crippen LogP contribution in [0, 0.1) is 0 Å². The molecule has 0 aliphatic heterocycles. The lowest BCUT2D eigenvalue weighted by molar-refractivity contribution is -0.149. The second-order valence-corrected chi connectivity index (χ2v) is 5.96. The van der Waals surface area contributed by atoms with Crippen LogP contribution in [0.25, 0.3) is 0 Å². The van der Waals surface area contributed by atoms with Crippen LogP contribution in [0.1, 0.15) is 24.8 Å². The molecule has 1 rings (SSSR count). The lowest BCUT2D eigenvalue weighted by Crippen LogP contribution is -2.49. The molecule has 0 aliphatic carbocycles. The van der Waals surface area contributed by atoms with E-state index in [1.54, 1.807) is 13.1 Å². The van der Waals surface area contributed by atoms with Gasteiger partial charge >= 0.3 is 5.97 Å². The van der Waals surface area contributed by atoms with Crippen molar-refractivity contribution in [3.8, 4) is 0 Å². The van der Waals surface area contributed by atoms with E-state index in [0.29, 0.717) is 25.3 Å². The number of nitrogens with zero attached hydrogens (tertiary/aromatic N) is 1. The first-order chi connectivity index (χ1) is 13.0. The molecule has 0 saturated carbocycles. The number of hydrogen-bond donors (Lipinski definition) is 4. The SMILES string of the molecule is C=CC[C@H](NC(=O)[C@H](N)CCCNC(N)=NC)C(=O)OCc1ccccc1. The van der Waals surface area contributed by atoms with E-state index in [0.717, 1.165) is 5.56 Å². The maximum Gasteiger partial charge on any atom is 0.329 e. The van der Waals surface area contributed by atoms with Gasteiger partial charge in [-0.15, -0.1) is 6.58 Å². The highest BCUT2D eigenvalue weighted by molar-refractivity contribution is 5.87. The van der Waals surface area contributed by atoms with E-state index in [1.807, 2.05) is 30.3 Å². The predicted molar refractivity (Wildman–Crippen MR) is 106 cm³/mol. The summed E-state index contributed by atoms with van der Waals surface area (Å²) >= 11 is 0. The summed E-state index contributed by atoms with van der Waals surface area (Å²) in [6, 6.07) is 7.77. The quantitative estimate of drug-likeness (QED) is 0.146. The minimum Gasteiger partial charge on any atom is -0.459 e. The largest absolute Gasteiger partial charge is 0.459 e. The third-order valence-electron chi connectivity index (χ3n) is 3.80. The number of nitrogens with two attached hydrogens (primary N) is 2. The highest BCUT2D eigenvalue weighted by atomic mass is 16.5. The van der Waals surface area contributed by atoms with Crippen LogP contribution < -0.4 is 22.1 Å². The Labute approximate surface area is 160 Å². The number of hydrogen-bond acceptors (Lipinski definition) is 5. The first-order valence-electron chi connectivity index (χ1n) is 8.81. The van der Waals surface area contributed by atoms with Gasteiger partial charge in [-0.25, -0.2) is 4.79 Å². The number of ether oxygens (including phenoxy) is 1. The minimum absolute atomic E-state index is 0.140. The Kier molecular flexibility index (Phi) is 10.2. The van der Waals surface area contributed by atoms with Crippen molar-refractivity contribution in [1.29, 1.82) is 0 Å². The van der Waals surface area contributed by atoms with Gasteiger partial charge in [-0.3, -0.25) is 9.79 Å². The Hall–Kier alpha value is -2.87. The van der Waals surface area contributed by atoms with Crippen molar-refractivity contribution >= 4 is 17.8 Å². The number of esters is 1. The summed E-state index contributed by atoms with van der Waals surface area (Å²) in [7, 11) is 1.58. The number of benzene rings is 1. The maximum atomic E-state index is 12.3. The number of carbonyl (C=O) groups excluding carboxylic acids is 2. The van der Waals surface area contributed by atoms with E-state index < -0.39 is 24.0 Å². The van der Waals surface area contributed by atoms with Crippen molar-refractivity contribution in [2.75, 3.05) is 13.6 Å². The molecule has 0 fully saturated rings. The van der Waals surface area contributed by atoms with Gasteiger partial charge in [0.1, 0.15) is 12.6 Å². The van der Waals surface area contributed by atoms with Crippen LogP contribution in [0.3, 0.4) is 0 Å². The molecule has 0 unspecified atom stereocenters. The molecule has 0 aliphatic rings. The molecule has 1 aromatic rings. The normalized spacial score (nSPS) is 13.3. The topological polar surface area (TPSA) is 132 Å². The van der Waals surface area contributed by atoms with E-state index in [1.165, 1.54) is 0 Å². The highest BCUT2D eigenvalue weighted by Gasteiger charge is 2.23. The van der Waals surface area contributed by atoms with Gasteiger partial charge in [0, 0.05) is 13.6 Å². The lowest BCUT2D eigenvalue weighted by Gasteiger charge is -2.19. The lowest BCUT2D eigenvalue weighted by atomic mass is 10.1. The number of nitrogens with one attached hydrogen (secondary N) is 2. The van der Waals surface area contributed by atoms with Crippen LogP contribution in [0.2, 0.25) is 0 Å². The standard InChI is InChI=1S/C19H29N5O3/c1-3-8-16(18(26)27-13-14-9-5-4-6-10-14)24-17(25)15(20)11-7-12-23-19(21)22-2/h3-6,9-10,15-16H,1,7-8,11-13,20H2,2H3,(H,24,25)(H3,21,22,23)/t15-,16+/m1/s1. The number of guanidine groups is 1. The first kappa shape index (κ1) is 22.2. The Morgan fingerprint density at radius 2 is 2.04 bits per heavy atom.